The highest BCUT2D eigenvalue weighted by Gasteiger charge is 2.21. The van der Waals surface area contributed by atoms with Crippen LogP contribution in [-0.4, -0.2) is 70.9 Å². The molecule has 1 saturated heterocycles. The van der Waals surface area contributed by atoms with Gasteiger partial charge < -0.3 is 20.3 Å². The molecule has 190 valence electrons. The summed E-state index contributed by atoms with van der Waals surface area (Å²) in [4.78, 5) is 26.9. The van der Waals surface area contributed by atoms with Gasteiger partial charge in [-0.05, 0) is 38.6 Å². The van der Waals surface area contributed by atoms with Crippen LogP contribution in [0, 0.1) is 0 Å². The zero-order valence-electron chi connectivity index (χ0n) is 20.7. The van der Waals surface area contributed by atoms with Crippen LogP contribution in [0.5, 0.6) is 0 Å². The number of carbonyl (C=O) groups excluding carboxylic acids is 1. The second-order valence-corrected chi connectivity index (χ2v) is 10.5. The Morgan fingerprint density at radius 3 is 2.86 bits per heavy atom. The number of nitrogens with zero attached hydrogens (tertiary/aromatic N) is 5. The third-order valence-corrected chi connectivity index (χ3v) is 7.68. The zero-order chi connectivity index (χ0) is 24.9. The standard InChI is InChI=1S/C26H33N7O2S/c1-32(10-5-3-2-4-9-23(27)34)17-18-15-22-24(36-18)26(33-11-13-35-14-12-33)30-25(29-22)19-7-6-8-21-20(19)16-28-31-21/h6-8,15-16H,2-5,9-14,17H2,1H3,(H2,27,34)(H,28,31). The lowest BCUT2D eigenvalue weighted by atomic mass is 10.1. The summed E-state index contributed by atoms with van der Waals surface area (Å²) in [5.74, 6) is 1.51. The molecule has 1 aliphatic heterocycles. The Hall–Kier alpha value is -3.08. The van der Waals surface area contributed by atoms with E-state index < -0.39 is 0 Å². The second kappa shape index (κ2) is 11.3. The number of aromatic nitrogens is 4. The van der Waals surface area contributed by atoms with E-state index in [1.165, 1.54) is 4.88 Å². The maximum Gasteiger partial charge on any atom is 0.217 e. The van der Waals surface area contributed by atoms with E-state index >= 15 is 0 Å². The summed E-state index contributed by atoms with van der Waals surface area (Å²) in [6.07, 6.45) is 6.48. The van der Waals surface area contributed by atoms with Crippen LogP contribution in [0.3, 0.4) is 0 Å². The van der Waals surface area contributed by atoms with Crippen LogP contribution < -0.4 is 10.6 Å². The average Bonchev–Trinajstić information content (AvgIpc) is 3.52. The first-order valence-electron chi connectivity index (χ1n) is 12.6. The van der Waals surface area contributed by atoms with E-state index in [0.717, 1.165) is 90.2 Å². The van der Waals surface area contributed by atoms with Gasteiger partial charge in [-0.25, -0.2) is 9.97 Å². The summed E-state index contributed by atoms with van der Waals surface area (Å²) in [6, 6.07) is 8.31. The number of unbranched alkanes of at least 4 members (excludes halogenated alkanes) is 3. The largest absolute Gasteiger partial charge is 0.378 e. The summed E-state index contributed by atoms with van der Waals surface area (Å²) in [7, 11) is 2.16. The Balaban J connectivity index is 1.37. The number of amides is 1. The molecule has 1 fully saturated rings. The Morgan fingerprint density at radius 2 is 2.03 bits per heavy atom. The van der Waals surface area contributed by atoms with Crippen LogP contribution >= 0.6 is 11.3 Å². The number of fused-ring (bicyclic) bond motifs is 2. The minimum Gasteiger partial charge on any atom is -0.378 e. The number of benzene rings is 1. The van der Waals surface area contributed by atoms with E-state index in [9.17, 15) is 4.79 Å². The van der Waals surface area contributed by atoms with Crippen molar-refractivity contribution in [3.63, 3.8) is 0 Å². The quantitative estimate of drug-likeness (QED) is 0.296. The van der Waals surface area contributed by atoms with Gasteiger partial charge in [0, 0.05) is 41.9 Å². The summed E-state index contributed by atoms with van der Waals surface area (Å²) in [5.41, 5.74) is 8.18. The van der Waals surface area contributed by atoms with Gasteiger partial charge in [-0.3, -0.25) is 9.89 Å². The molecular formula is C26H33N7O2S. The third kappa shape index (κ3) is 5.66. The molecule has 1 aliphatic rings. The molecule has 9 nitrogen and oxygen atoms in total. The first-order valence-corrected chi connectivity index (χ1v) is 13.4. The maximum absolute atomic E-state index is 10.9. The van der Waals surface area contributed by atoms with Crippen LogP contribution in [0.1, 0.15) is 37.0 Å². The Morgan fingerprint density at radius 1 is 1.19 bits per heavy atom. The van der Waals surface area contributed by atoms with Crippen molar-refractivity contribution in [1.29, 1.82) is 0 Å². The number of hydrogen-bond donors (Lipinski definition) is 2. The molecule has 4 aromatic rings. The van der Waals surface area contributed by atoms with Gasteiger partial charge >= 0.3 is 0 Å². The highest BCUT2D eigenvalue weighted by atomic mass is 32.1. The number of morpholine rings is 1. The number of rotatable bonds is 11. The van der Waals surface area contributed by atoms with Crippen molar-refractivity contribution in [1.82, 2.24) is 25.1 Å². The second-order valence-electron chi connectivity index (χ2n) is 9.40. The number of H-pyrrole nitrogens is 1. The van der Waals surface area contributed by atoms with Crippen molar-refractivity contribution in [2.24, 2.45) is 5.73 Å². The van der Waals surface area contributed by atoms with Crippen molar-refractivity contribution in [2.75, 3.05) is 44.8 Å². The highest BCUT2D eigenvalue weighted by molar-refractivity contribution is 7.19. The molecule has 3 N–H and O–H groups in total. The van der Waals surface area contributed by atoms with E-state index in [4.69, 9.17) is 20.4 Å². The van der Waals surface area contributed by atoms with Gasteiger partial charge in [0.25, 0.3) is 0 Å². The lowest BCUT2D eigenvalue weighted by Gasteiger charge is -2.28. The van der Waals surface area contributed by atoms with E-state index in [-0.39, 0.29) is 5.91 Å². The Kier molecular flexibility index (Phi) is 7.74. The van der Waals surface area contributed by atoms with Gasteiger partial charge in [-0.15, -0.1) is 11.3 Å². The van der Waals surface area contributed by atoms with E-state index in [1.807, 2.05) is 18.3 Å². The fourth-order valence-electron chi connectivity index (χ4n) is 4.69. The van der Waals surface area contributed by atoms with Gasteiger partial charge in [-0.2, -0.15) is 5.10 Å². The number of hydrogen-bond acceptors (Lipinski definition) is 8. The number of nitrogens with one attached hydrogen (secondary N) is 1. The molecule has 10 heteroatoms. The molecule has 36 heavy (non-hydrogen) atoms. The number of thiophene rings is 1. The van der Waals surface area contributed by atoms with Crippen LogP contribution in [0.2, 0.25) is 0 Å². The molecular weight excluding hydrogens is 474 g/mol. The minimum atomic E-state index is -0.207. The predicted octanol–water partition coefficient (Wildman–Crippen LogP) is 3.94. The average molecular weight is 508 g/mol. The smallest absolute Gasteiger partial charge is 0.217 e. The molecule has 0 saturated carbocycles. The minimum absolute atomic E-state index is 0.207. The van der Waals surface area contributed by atoms with Crippen LogP contribution in [0.25, 0.3) is 32.5 Å². The molecule has 0 unspecified atom stereocenters. The Bertz CT molecular complexity index is 1330. The van der Waals surface area contributed by atoms with Crippen molar-refractivity contribution < 1.29 is 9.53 Å². The van der Waals surface area contributed by atoms with E-state index in [2.05, 4.69) is 39.2 Å². The molecule has 4 heterocycles. The van der Waals surface area contributed by atoms with Crippen molar-refractivity contribution in [2.45, 2.75) is 38.6 Å². The monoisotopic (exact) mass is 507 g/mol. The fourth-order valence-corrected chi connectivity index (χ4v) is 5.89. The lowest BCUT2D eigenvalue weighted by Crippen LogP contribution is -2.36. The molecule has 0 radical (unpaired) electrons. The van der Waals surface area contributed by atoms with Crippen LogP contribution in [0.15, 0.2) is 30.5 Å². The number of anilines is 1. The van der Waals surface area contributed by atoms with Crippen molar-refractivity contribution in [3.8, 4) is 11.4 Å². The normalized spacial score (nSPS) is 14.3. The summed E-state index contributed by atoms with van der Waals surface area (Å²) >= 11 is 1.79. The fraction of sp³-hybridized carbons (Fsp3) is 0.462. The molecule has 5 rings (SSSR count). The van der Waals surface area contributed by atoms with E-state index in [0.29, 0.717) is 19.6 Å². The number of primary amides is 1. The number of nitrogens with two attached hydrogens (primary N) is 1. The predicted molar refractivity (Wildman–Crippen MR) is 144 cm³/mol. The summed E-state index contributed by atoms with van der Waals surface area (Å²) in [6.45, 7) is 4.95. The topological polar surface area (TPSA) is 113 Å². The molecule has 0 atom stereocenters. The molecule has 0 bridgehead atoms. The van der Waals surface area contributed by atoms with Crippen LogP contribution in [0.4, 0.5) is 5.82 Å². The molecule has 0 spiro atoms. The van der Waals surface area contributed by atoms with Crippen molar-refractivity contribution in [3.05, 3.63) is 35.3 Å². The Labute approximate surface area is 214 Å². The lowest BCUT2D eigenvalue weighted by molar-refractivity contribution is -0.118. The summed E-state index contributed by atoms with van der Waals surface area (Å²) < 4.78 is 6.74. The van der Waals surface area contributed by atoms with Crippen LogP contribution in [-0.2, 0) is 16.1 Å². The molecule has 0 aliphatic carbocycles. The first kappa shape index (κ1) is 24.6. The van der Waals surface area contributed by atoms with Gasteiger partial charge in [0.05, 0.1) is 35.1 Å². The molecule has 1 aromatic carbocycles. The maximum atomic E-state index is 10.9. The van der Waals surface area contributed by atoms with E-state index in [1.54, 1.807) is 11.3 Å². The highest BCUT2D eigenvalue weighted by Crippen LogP contribution is 2.36. The molecule has 1 amide bonds. The third-order valence-electron chi connectivity index (χ3n) is 6.58. The summed E-state index contributed by atoms with van der Waals surface area (Å²) in [5, 5.41) is 8.29. The SMILES string of the molecule is CN(CCCCCCC(N)=O)Cc1cc2nc(-c3cccc4[nH]ncc34)nc(N3CCOCC3)c2s1. The number of ether oxygens (including phenoxy) is 1. The van der Waals surface area contributed by atoms with Gasteiger partial charge in [-0.1, -0.05) is 25.0 Å². The first-order chi connectivity index (χ1) is 17.6. The zero-order valence-corrected chi connectivity index (χ0v) is 21.5. The van der Waals surface area contributed by atoms with Crippen molar-refractivity contribution >= 4 is 44.2 Å². The molecule has 3 aromatic heterocycles. The number of carbonyl (C=O) groups is 1. The van der Waals surface area contributed by atoms with Gasteiger partial charge in [0.2, 0.25) is 5.91 Å². The van der Waals surface area contributed by atoms with Gasteiger partial charge in [0.15, 0.2) is 11.6 Å². The number of aromatic amines is 1. The van der Waals surface area contributed by atoms with Gasteiger partial charge in [0.1, 0.15) is 0 Å².